The molecule has 0 unspecified atom stereocenters. The minimum atomic E-state index is -3.65. The van der Waals surface area contributed by atoms with Crippen molar-refractivity contribution < 1.29 is 13.2 Å². The summed E-state index contributed by atoms with van der Waals surface area (Å²) in [6.07, 6.45) is 3.69. The van der Waals surface area contributed by atoms with Gasteiger partial charge in [-0.3, -0.25) is 9.48 Å². The lowest BCUT2D eigenvalue weighted by molar-refractivity contribution is -0.121. The van der Waals surface area contributed by atoms with Gasteiger partial charge >= 0.3 is 0 Å². The number of nitrogens with zero attached hydrogens (tertiary/aromatic N) is 2. The fourth-order valence-electron chi connectivity index (χ4n) is 3.22. The van der Waals surface area contributed by atoms with Crippen LogP contribution in [0, 0.1) is 0 Å². The minimum absolute atomic E-state index is 0.0362. The van der Waals surface area contributed by atoms with E-state index in [9.17, 15) is 13.2 Å². The van der Waals surface area contributed by atoms with E-state index in [4.69, 9.17) is 0 Å². The Kier molecular flexibility index (Phi) is 7.48. The van der Waals surface area contributed by atoms with E-state index >= 15 is 0 Å². The van der Waals surface area contributed by atoms with E-state index in [2.05, 4.69) is 35.9 Å². The predicted molar refractivity (Wildman–Crippen MR) is 125 cm³/mol. The Balaban J connectivity index is 1.46. The van der Waals surface area contributed by atoms with E-state index in [-0.39, 0.29) is 29.2 Å². The Morgan fingerprint density at radius 2 is 1.75 bits per heavy atom. The molecule has 0 atom stereocenters. The highest BCUT2D eigenvalue weighted by Crippen LogP contribution is 2.23. The summed E-state index contributed by atoms with van der Waals surface area (Å²) in [5, 5.41) is 7.04. The van der Waals surface area contributed by atoms with Crippen LogP contribution in [0.1, 0.15) is 43.9 Å². The molecule has 2 aromatic carbocycles. The summed E-state index contributed by atoms with van der Waals surface area (Å²) in [5.41, 5.74) is 3.07. The molecule has 3 rings (SSSR count). The summed E-state index contributed by atoms with van der Waals surface area (Å²) in [4.78, 5) is 12.4. The zero-order valence-corrected chi connectivity index (χ0v) is 19.5. The van der Waals surface area contributed by atoms with Crippen LogP contribution in [0.5, 0.6) is 0 Å². The molecule has 0 radical (unpaired) electrons. The molecule has 0 saturated heterocycles. The van der Waals surface area contributed by atoms with Crippen LogP contribution in [0.3, 0.4) is 0 Å². The summed E-state index contributed by atoms with van der Waals surface area (Å²) in [6.45, 7) is 7.30. The van der Waals surface area contributed by atoms with Crippen LogP contribution >= 0.6 is 0 Å². The fourth-order valence-corrected chi connectivity index (χ4v) is 4.26. The maximum Gasteiger partial charge on any atom is 0.240 e. The predicted octanol–water partition coefficient (Wildman–Crippen LogP) is 3.21. The molecule has 1 heterocycles. The van der Waals surface area contributed by atoms with Gasteiger partial charge < -0.3 is 5.32 Å². The number of benzene rings is 2. The zero-order valence-electron chi connectivity index (χ0n) is 18.7. The lowest BCUT2D eigenvalue weighted by Gasteiger charge is -2.19. The lowest BCUT2D eigenvalue weighted by Crippen LogP contribution is -2.30. The topological polar surface area (TPSA) is 93.1 Å². The fraction of sp³-hybridized carbons (Fsp3) is 0.333. The highest BCUT2D eigenvalue weighted by atomic mass is 32.2. The van der Waals surface area contributed by atoms with Gasteiger partial charge in [0, 0.05) is 31.9 Å². The number of hydrogen-bond donors (Lipinski definition) is 2. The second-order valence-corrected chi connectivity index (χ2v) is 10.5. The van der Waals surface area contributed by atoms with Crippen molar-refractivity contribution >= 4 is 15.9 Å². The molecule has 0 aliphatic rings. The second kappa shape index (κ2) is 10.1. The van der Waals surface area contributed by atoms with Crippen LogP contribution in [0.2, 0.25) is 0 Å². The molecule has 8 heteroatoms. The molecule has 1 aromatic heterocycles. The summed E-state index contributed by atoms with van der Waals surface area (Å²) < 4.78 is 29.3. The van der Waals surface area contributed by atoms with Gasteiger partial charge in [-0.15, -0.1) is 0 Å². The van der Waals surface area contributed by atoms with Gasteiger partial charge in [-0.2, -0.15) is 5.10 Å². The zero-order chi connectivity index (χ0) is 23.2. The van der Waals surface area contributed by atoms with Crippen LogP contribution < -0.4 is 10.0 Å². The largest absolute Gasteiger partial charge is 0.352 e. The molecule has 0 aliphatic carbocycles. The van der Waals surface area contributed by atoms with E-state index in [0.29, 0.717) is 13.1 Å². The van der Waals surface area contributed by atoms with Gasteiger partial charge in [-0.25, -0.2) is 13.1 Å². The molecule has 170 valence electrons. The van der Waals surface area contributed by atoms with Crippen LogP contribution in [-0.2, 0) is 33.3 Å². The number of carbonyl (C=O) groups excluding carboxylic acids is 1. The molecule has 32 heavy (non-hydrogen) atoms. The van der Waals surface area contributed by atoms with Crippen molar-refractivity contribution in [2.75, 3.05) is 6.54 Å². The molecular weight excluding hydrogens is 424 g/mol. The number of nitrogens with one attached hydrogen (secondary N) is 2. The molecule has 0 fully saturated rings. The maximum atomic E-state index is 12.5. The van der Waals surface area contributed by atoms with E-state index in [0.717, 1.165) is 16.7 Å². The number of aromatic nitrogens is 2. The van der Waals surface area contributed by atoms with E-state index in [1.807, 2.05) is 53.3 Å². The standard InChI is InChI=1S/C24H30N4O3S/c1-24(2,3)21-8-10-22(11-9-21)32(30,31)27-14-12-23(29)25-17-19-6-4-7-20(16-19)18-28-15-5-13-26-28/h4-11,13,15-16,27H,12,14,17-18H2,1-3H3,(H,25,29). The van der Waals surface area contributed by atoms with Gasteiger partial charge in [-0.1, -0.05) is 57.2 Å². The Hall–Kier alpha value is -2.97. The quantitative estimate of drug-likeness (QED) is 0.519. The summed E-state index contributed by atoms with van der Waals surface area (Å²) in [7, 11) is -3.65. The van der Waals surface area contributed by atoms with Gasteiger partial charge in [0.25, 0.3) is 0 Å². The smallest absolute Gasteiger partial charge is 0.240 e. The van der Waals surface area contributed by atoms with Gasteiger partial charge in [0.15, 0.2) is 0 Å². The first-order chi connectivity index (χ1) is 15.1. The van der Waals surface area contributed by atoms with Crippen molar-refractivity contribution in [1.82, 2.24) is 19.8 Å². The molecule has 3 aromatic rings. The van der Waals surface area contributed by atoms with E-state index in [1.54, 1.807) is 18.3 Å². The number of amides is 1. The monoisotopic (exact) mass is 454 g/mol. The average molecular weight is 455 g/mol. The number of carbonyl (C=O) groups is 1. The molecule has 0 bridgehead atoms. The van der Waals surface area contributed by atoms with Crippen molar-refractivity contribution in [2.24, 2.45) is 0 Å². The van der Waals surface area contributed by atoms with Crippen LogP contribution in [0.4, 0.5) is 0 Å². The van der Waals surface area contributed by atoms with Crippen LogP contribution in [-0.4, -0.2) is 30.7 Å². The molecule has 0 aliphatic heterocycles. The average Bonchev–Trinajstić information content (AvgIpc) is 3.25. The summed E-state index contributed by atoms with van der Waals surface area (Å²) in [5.74, 6) is -0.215. The third-order valence-electron chi connectivity index (χ3n) is 5.06. The Morgan fingerprint density at radius 1 is 1.03 bits per heavy atom. The highest BCUT2D eigenvalue weighted by Gasteiger charge is 2.17. The first kappa shape index (κ1) is 23.7. The van der Waals surface area contributed by atoms with Gasteiger partial charge in [0.05, 0.1) is 11.4 Å². The number of sulfonamides is 1. The van der Waals surface area contributed by atoms with Gasteiger partial charge in [0.1, 0.15) is 0 Å². The number of rotatable bonds is 9. The van der Waals surface area contributed by atoms with Gasteiger partial charge in [0.2, 0.25) is 15.9 Å². The maximum absolute atomic E-state index is 12.5. The number of hydrogen-bond acceptors (Lipinski definition) is 4. The Labute approximate surface area is 189 Å². The minimum Gasteiger partial charge on any atom is -0.352 e. The third-order valence-corrected chi connectivity index (χ3v) is 6.54. The second-order valence-electron chi connectivity index (χ2n) is 8.72. The van der Waals surface area contributed by atoms with Crippen molar-refractivity contribution in [2.45, 2.75) is 50.6 Å². The van der Waals surface area contributed by atoms with Crippen molar-refractivity contribution in [3.05, 3.63) is 83.7 Å². The van der Waals surface area contributed by atoms with Gasteiger partial charge in [-0.05, 0) is 40.3 Å². The van der Waals surface area contributed by atoms with E-state index < -0.39 is 10.0 Å². The normalized spacial score (nSPS) is 12.0. The van der Waals surface area contributed by atoms with E-state index in [1.165, 1.54) is 0 Å². The first-order valence-corrected chi connectivity index (χ1v) is 12.0. The lowest BCUT2D eigenvalue weighted by atomic mass is 9.87. The third kappa shape index (κ3) is 6.77. The van der Waals surface area contributed by atoms with Crippen molar-refractivity contribution in [1.29, 1.82) is 0 Å². The Morgan fingerprint density at radius 3 is 2.41 bits per heavy atom. The molecule has 1 amide bonds. The van der Waals surface area contributed by atoms with Crippen molar-refractivity contribution in [3.8, 4) is 0 Å². The molecule has 2 N–H and O–H groups in total. The van der Waals surface area contributed by atoms with Crippen LogP contribution in [0.15, 0.2) is 71.9 Å². The summed E-state index contributed by atoms with van der Waals surface area (Å²) in [6, 6.07) is 16.6. The van der Waals surface area contributed by atoms with Crippen molar-refractivity contribution in [3.63, 3.8) is 0 Å². The summed E-state index contributed by atoms with van der Waals surface area (Å²) >= 11 is 0. The Bertz CT molecular complexity index is 1130. The SMILES string of the molecule is CC(C)(C)c1ccc(S(=O)(=O)NCCC(=O)NCc2cccc(Cn3cccn3)c2)cc1. The van der Waals surface area contributed by atoms with Crippen LogP contribution in [0.25, 0.3) is 0 Å². The highest BCUT2D eigenvalue weighted by molar-refractivity contribution is 7.89. The molecule has 0 saturated carbocycles. The first-order valence-electron chi connectivity index (χ1n) is 10.6. The molecular formula is C24H30N4O3S. The molecule has 7 nitrogen and oxygen atoms in total. The molecule has 0 spiro atoms.